The quantitative estimate of drug-likeness (QED) is 0.368. The van der Waals surface area contributed by atoms with Crippen LogP contribution in [0.15, 0.2) is 60.7 Å². The molecule has 36 heavy (non-hydrogen) atoms. The fraction of sp³-hybridized carbons (Fsp3) is 0.310. The van der Waals surface area contributed by atoms with E-state index in [1.54, 1.807) is 4.68 Å². The zero-order valence-corrected chi connectivity index (χ0v) is 21.1. The highest BCUT2D eigenvalue weighted by Gasteiger charge is 2.40. The summed E-state index contributed by atoms with van der Waals surface area (Å²) in [6.45, 7) is 6.42. The van der Waals surface area contributed by atoms with Crippen LogP contribution >= 0.6 is 0 Å². The van der Waals surface area contributed by atoms with E-state index in [1.807, 2.05) is 50.4 Å². The lowest BCUT2D eigenvalue weighted by molar-refractivity contribution is -0.129. The maximum absolute atomic E-state index is 13.8. The molecule has 5 rings (SSSR count). The monoisotopic (exact) mass is 482 g/mol. The molecule has 4 aromatic rings. The Balaban J connectivity index is 1.57. The van der Waals surface area contributed by atoms with Crippen molar-refractivity contribution in [2.75, 3.05) is 6.61 Å². The summed E-state index contributed by atoms with van der Waals surface area (Å²) in [6, 6.07) is 19.6. The topological polar surface area (TPSA) is 77.3 Å². The van der Waals surface area contributed by atoms with E-state index < -0.39 is 12.1 Å². The lowest BCUT2D eigenvalue weighted by Gasteiger charge is -2.25. The van der Waals surface area contributed by atoms with Crippen molar-refractivity contribution in [2.24, 2.45) is 7.05 Å². The predicted molar refractivity (Wildman–Crippen MR) is 138 cm³/mol. The summed E-state index contributed by atoms with van der Waals surface area (Å²) in [6.07, 6.45) is 0.445. The summed E-state index contributed by atoms with van der Waals surface area (Å²) >= 11 is 0. The van der Waals surface area contributed by atoms with E-state index in [1.165, 1.54) is 16.0 Å². The van der Waals surface area contributed by atoms with E-state index >= 15 is 0 Å². The molecule has 1 aliphatic heterocycles. The second-order valence-corrected chi connectivity index (χ2v) is 9.42. The van der Waals surface area contributed by atoms with Crippen molar-refractivity contribution < 1.29 is 14.3 Å². The lowest BCUT2D eigenvalue weighted by atomic mass is 9.83. The Kier molecular flexibility index (Phi) is 6.31. The molecule has 1 aliphatic rings. The maximum atomic E-state index is 13.8. The molecular formula is C29H30N4O3. The van der Waals surface area contributed by atoms with Crippen LogP contribution in [-0.4, -0.2) is 38.5 Å². The molecule has 0 N–H and O–H groups in total. The zero-order valence-electron chi connectivity index (χ0n) is 21.1. The number of imide groups is 1. The van der Waals surface area contributed by atoms with Gasteiger partial charge in [-0.25, -0.2) is 14.4 Å². The third-order valence-corrected chi connectivity index (χ3v) is 7.32. The van der Waals surface area contributed by atoms with E-state index in [4.69, 9.17) is 4.74 Å². The first-order chi connectivity index (χ1) is 17.4. The third-order valence-electron chi connectivity index (χ3n) is 7.32. The Labute approximate surface area is 210 Å². The molecule has 7 heteroatoms. The third kappa shape index (κ3) is 4.15. The second-order valence-electron chi connectivity index (χ2n) is 9.42. The molecule has 1 aromatic heterocycles. The first kappa shape index (κ1) is 23.7. The number of cyclic esters (lactones) is 1. The van der Waals surface area contributed by atoms with Gasteiger partial charge in [0.2, 0.25) is 5.91 Å². The average molecular weight is 483 g/mol. The summed E-state index contributed by atoms with van der Waals surface area (Å²) < 4.78 is 7.08. The van der Waals surface area contributed by atoms with E-state index in [-0.39, 0.29) is 24.9 Å². The Hall–Kier alpha value is -4.00. The number of amides is 2. The minimum Gasteiger partial charge on any atom is -0.446 e. The van der Waals surface area contributed by atoms with Crippen LogP contribution < -0.4 is 0 Å². The molecule has 2 atom stereocenters. The lowest BCUT2D eigenvalue weighted by Crippen LogP contribution is -2.35. The molecule has 184 valence electrons. The number of aromatic nitrogens is 3. The number of benzene rings is 3. The van der Waals surface area contributed by atoms with Gasteiger partial charge in [0.1, 0.15) is 18.2 Å². The number of carbonyl (C=O) groups is 2. The summed E-state index contributed by atoms with van der Waals surface area (Å²) in [7, 11) is 1.87. The number of hydrogen-bond donors (Lipinski definition) is 0. The number of carbonyl (C=O) groups excluding carboxylic acids is 2. The molecule has 2 amide bonds. The van der Waals surface area contributed by atoms with Crippen molar-refractivity contribution in [3.8, 4) is 0 Å². The molecule has 1 fully saturated rings. The van der Waals surface area contributed by atoms with Gasteiger partial charge < -0.3 is 4.74 Å². The van der Waals surface area contributed by atoms with Gasteiger partial charge in [-0.05, 0) is 59.7 Å². The van der Waals surface area contributed by atoms with Gasteiger partial charge in [0.15, 0.2) is 0 Å². The summed E-state index contributed by atoms with van der Waals surface area (Å²) in [5.41, 5.74) is 8.14. The molecule has 0 bridgehead atoms. The molecule has 0 spiro atoms. The highest BCUT2D eigenvalue weighted by atomic mass is 16.6. The number of ether oxygens (including phenoxy) is 1. The Bertz CT molecular complexity index is 1440. The molecule has 0 aliphatic carbocycles. The summed E-state index contributed by atoms with van der Waals surface area (Å²) in [5.74, 6) is -0.506. The van der Waals surface area contributed by atoms with Gasteiger partial charge in [0, 0.05) is 19.4 Å². The first-order valence-electron chi connectivity index (χ1n) is 12.3. The van der Waals surface area contributed by atoms with Gasteiger partial charge >= 0.3 is 6.09 Å². The smallest absolute Gasteiger partial charge is 0.417 e. The SMILES string of the molecule is CCc1cc([C@@H](CC(=O)N2C(=O)OC[C@@H]2c2ccccc2)c2ccc3c(nnn3C)c2C)ccc1C. The van der Waals surface area contributed by atoms with E-state index in [2.05, 4.69) is 48.4 Å². The van der Waals surface area contributed by atoms with Gasteiger partial charge in [-0.3, -0.25) is 4.79 Å². The Morgan fingerprint density at radius 1 is 1.11 bits per heavy atom. The average Bonchev–Trinajstić information content (AvgIpc) is 3.47. The number of nitrogens with zero attached hydrogens (tertiary/aromatic N) is 4. The molecule has 0 saturated carbocycles. The Morgan fingerprint density at radius 2 is 1.89 bits per heavy atom. The van der Waals surface area contributed by atoms with Crippen LogP contribution in [0.4, 0.5) is 4.79 Å². The number of aryl methyl sites for hydroxylation is 4. The molecule has 0 radical (unpaired) electrons. The molecule has 2 heterocycles. The van der Waals surface area contributed by atoms with Crippen molar-refractivity contribution in [2.45, 2.75) is 45.6 Å². The largest absolute Gasteiger partial charge is 0.446 e. The van der Waals surface area contributed by atoms with Crippen LogP contribution in [-0.2, 0) is 23.0 Å². The highest BCUT2D eigenvalue weighted by Crippen LogP contribution is 2.37. The fourth-order valence-corrected chi connectivity index (χ4v) is 5.21. The van der Waals surface area contributed by atoms with E-state index in [9.17, 15) is 9.59 Å². The van der Waals surface area contributed by atoms with E-state index in [0.29, 0.717) is 0 Å². The van der Waals surface area contributed by atoms with Crippen molar-refractivity contribution in [1.82, 2.24) is 19.9 Å². The van der Waals surface area contributed by atoms with Crippen LogP contribution in [0.1, 0.15) is 58.7 Å². The van der Waals surface area contributed by atoms with Crippen LogP contribution in [0, 0.1) is 13.8 Å². The van der Waals surface area contributed by atoms with Gasteiger partial charge in [0.25, 0.3) is 0 Å². The first-order valence-corrected chi connectivity index (χ1v) is 12.3. The van der Waals surface area contributed by atoms with Gasteiger partial charge in [-0.1, -0.05) is 66.7 Å². The van der Waals surface area contributed by atoms with Crippen molar-refractivity contribution in [3.05, 3.63) is 94.0 Å². The molecule has 3 aromatic carbocycles. The van der Waals surface area contributed by atoms with Crippen molar-refractivity contribution in [1.29, 1.82) is 0 Å². The standard InChI is InChI=1S/C29H30N4O3/c1-5-20-15-22(12-11-18(20)2)24(23-13-14-25-28(19(23)3)30-31-32(25)4)16-27(34)33-26(17-36-29(33)35)21-9-7-6-8-10-21/h6-15,24,26H,5,16-17H2,1-4H3/t24-,26-/m1/s1. The second kappa shape index (κ2) is 9.57. The number of hydrogen-bond acceptors (Lipinski definition) is 5. The molecular weight excluding hydrogens is 452 g/mol. The van der Waals surface area contributed by atoms with Crippen molar-refractivity contribution >= 4 is 23.0 Å². The van der Waals surface area contributed by atoms with Crippen LogP contribution in [0.25, 0.3) is 11.0 Å². The number of rotatable bonds is 6. The highest BCUT2D eigenvalue weighted by molar-refractivity contribution is 5.94. The molecule has 1 saturated heterocycles. The van der Waals surface area contributed by atoms with Crippen LogP contribution in [0.3, 0.4) is 0 Å². The van der Waals surface area contributed by atoms with Crippen molar-refractivity contribution in [3.63, 3.8) is 0 Å². The van der Waals surface area contributed by atoms with Crippen LogP contribution in [0.5, 0.6) is 0 Å². The maximum Gasteiger partial charge on any atom is 0.417 e. The van der Waals surface area contributed by atoms with Gasteiger partial charge in [-0.15, -0.1) is 5.10 Å². The molecule has 7 nitrogen and oxygen atoms in total. The normalized spacial score (nSPS) is 16.4. The minimum atomic E-state index is -0.591. The van der Waals surface area contributed by atoms with Gasteiger partial charge in [0.05, 0.1) is 5.52 Å². The predicted octanol–water partition coefficient (Wildman–Crippen LogP) is 5.39. The summed E-state index contributed by atoms with van der Waals surface area (Å²) in [4.78, 5) is 27.8. The van der Waals surface area contributed by atoms with E-state index in [0.717, 1.165) is 39.7 Å². The number of fused-ring (bicyclic) bond motifs is 1. The Morgan fingerprint density at radius 3 is 2.64 bits per heavy atom. The van der Waals surface area contributed by atoms with Gasteiger partial charge in [-0.2, -0.15) is 0 Å². The minimum absolute atomic E-state index is 0.136. The van der Waals surface area contributed by atoms with Crippen LogP contribution in [0.2, 0.25) is 0 Å². The molecule has 0 unspecified atom stereocenters. The zero-order chi connectivity index (χ0) is 25.4. The fourth-order valence-electron chi connectivity index (χ4n) is 5.21. The summed E-state index contributed by atoms with van der Waals surface area (Å²) in [5, 5.41) is 8.54.